The predicted molar refractivity (Wildman–Crippen MR) is 94.7 cm³/mol. The van der Waals surface area contributed by atoms with E-state index in [1.165, 1.54) is 24.3 Å². The quantitative estimate of drug-likeness (QED) is 0.518. The fraction of sp³-hybridized carbons (Fsp3) is 0.133. The molecule has 0 aliphatic carbocycles. The van der Waals surface area contributed by atoms with Crippen molar-refractivity contribution in [1.29, 1.82) is 0 Å². The van der Waals surface area contributed by atoms with Crippen molar-refractivity contribution in [1.82, 2.24) is 0 Å². The van der Waals surface area contributed by atoms with Gasteiger partial charge in [0.2, 0.25) is 0 Å². The van der Waals surface area contributed by atoms with E-state index in [1.54, 1.807) is 18.2 Å². The summed E-state index contributed by atoms with van der Waals surface area (Å²) in [4.78, 5) is 3.98. The molecule has 0 atom stereocenters. The van der Waals surface area contributed by atoms with Gasteiger partial charge in [-0.1, -0.05) is 29.3 Å². The summed E-state index contributed by atoms with van der Waals surface area (Å²) in [6.07, 6.45) is 0. The Kier molecular flexibility index (Phi) is 5.57. The second kappa shape index (κ2) is 7.06. The fourth-order valence-electron chi connectivity index (χ4n) is 1.70. The highest BCUT2D eigenvalue weighted by atomic mass is 127. The lowest BCUT2D eigenvalue weighted by atomic mass is 10.2. The van der Waals surface area contributed by atoms with Crippen LogP contribution in [0.25, 0.3) is 0 Å². The van der Waals surface area contributed by atoms with Gasteiger partial charge in [-0.2, -0.15) is 0 Å². The molecular weight excluding hydrogens is 440 g/mol. The van der Waals surface area contributed by atoms with Crippen molar-refractivity contribution in [2.45, 2.75) is 11.8 Å². The maximum atomic E-state index is 13.7. The average molecular weight is 452 g/mol. The highest BCUT2D eigenvalue weighted by molar-refractivity contribution is 14.1. The summed E-state index contributed by atoms with van der Waals surface area (Å²) in [7, 11) is -3.60. The Labute approximate surface area is 147 Å². The molecule has 2 aromatic carbocycles. The zero-order valence-corrected chi connectivity index (χ0v) is 15.3. The first kappa shape index (κ1) is 17.4. The summed E-state index contributed by atoms with van der Waals surface area (Å²) >= 11 is 7.96. The highest BCUT2D eigenvalue weighted by Crippen LogP contribution is 2.17. The zero-order valence-electron chi connectivity index (χ0n) is 11.6. The Hall–Kier alpha value is -0.990. The molecule has 0 aliphatic heterocycles. The van der Waals surface area contributed by atoms with Gasteiger partial charge < -0.3 is 0 Å². The molecule has 0 bridgehead atoms. The SMILES string of the molecule is Cc1ccc(S(=O)(=O)CN=C(Cl)c2cc(I)ccc2F)cc1. The zero-order chi connectivity index (χ0) is 16.3. The fourth-order valence-corrected chi connectivity index (χ4v) is 3.47. The van der Waals surface area contributed by atoms with Gasteiger partial charge in [0.1, 0.15) is 16.9 Å². The molecule has 0 radical (unpaired) electrons. The van der Waals surface area contributed by atoms with Crippen molar-refractivity contribution >= 4 is 49.2 Å². The van der Waals surface area contributed by atoms with E-state index >= 15 is 0 Å². The summed E-state index contributed by atoms with van der Waals surface area (Å²) in [5.74, 6) is -1.07. The van der Waals surface area contributed by atoms with E-state index in [-0.39, 0.29) is 15.6 Å². The van der Waals surface area contributed by atoms with Gasteiger partial charge in [0.05, 0.1) is 4.90 Å². The molecule has 0 heterocycles. The largest absolute Gasteiger partial charge is 0.256 e. The van der Waals surface area contributed by atoms with Gasteiger partial charge in [0, 0.05) is 9.13 Å². The number of hydrogen-bond acceptors (Lipinski definition) is 3. The van der Waals surface area contributed by atoms with Crippen LogP contribution in [0.5, 0.6) is 0 Å². The average Bonchev–Trinajstić information content (AvgIpc) is 2.48. The normalized spacial score (nSPS) is 12.5. The third kappa shape index (κ3) is 4.27. The molecule has 0 N–H and O–H groups in total. The third-order valence-electron chi connectivity index (χ3n) is 2.90. The Morgan fingerprint density at radius 2 is 1.86 bits per heavy atom. The Morgan fingerprint density at radius 1 is 1.23 bits per heavy atom. The van der Waals surface area contributed by atoms with Gasteiger partial charge in [-0.15, -0.1) is 0 Å². The van der Waals surface area contributed by atoms with Crippen LogP contribution < -0.4 is 0 Å². The molecule has 0 spiro atoms. The molecule has 0 unspecified atom stereocenters. The molecule has 0 aliphatic rings. The molecule has 0 aromatic heterocycles. The highest BCUT2D eigenvalue weighted by Gasteiger charge is 2.15. The Morgan fingerprint density at radius 3 is 2.50 bits per heavy atom. The number of halogens is 3. The van der Waals surface area contributed by atoms with Gasteiger partial charge >= 0.3 is 0 Å². The number of hydrogen-bond donors (Lipinski definition) is 0. The first-order valence-electron chi connectivity index (χ1n) is 6.24. The van der Waals surface area contributed by atoms with Crippen LogP contribution in [0.2, 0.25) is 0 Å². The van der Waals surface area contributed by atoms with E-state index in [0.29, 0.717) is 0 Å². The summed E-state index contributed by atoms with van der Waals surface area (Å²) < 4.78 is 38.8. The van der Waals surface area contributed by atoms with Crippen LogP contribution in [-0.4, -0.2) is 19.5 Å². The van der Waals surface area contributed by atoms with Crippen molar-refractivity contribution in [3.05, 3.63) is 63.0 Å². The van der Waals surface area contributed by atoms with Crippen LogP contribution in [0.1, 0.15) is 11.1 Å². The number of aryl methyl sites for hydroxylation is 1. The lowest BCUT2D eigenvalue weighted by molar-refractivity contribution is 0.596. The molecule has 2 rings (SSSR count). The number of rotatable bonds is 4. The van der Waals surface area contributed by atoms with Gasteiger partial charge in [0.15, 0.2) is 9.84 Å². The van der Waals surface area contributed by atoms with Crippen molar-refractivity contribution in [3.63, 3.8) is 0 Å². The van der Waals surface area contributed by atoms with E-state index < -0.39 is 21.5 Å². The van der Waals surface area contributed by atoms with Gasteiger partial charge in [-0.25, -0.2) is 12.8 Å². The van der Waals surface area contributed by atoms with Crippen molar-refractivity contribution < 1.29 is 12.8 Å². The van der Waals surface area contributed by atoms with E-state index in [0.717, 1.165) is 9.13 Å². The third-order valence-corrected chi connectivity index (χ3v) is 5.36. The minimum atomic E-state index is -3.60. The topological polar surface area (TPSA) is 46.5 Å². The van der Waals surface area contributed by atoms with Crippen molar-refractivity contribution in [2.75, 3.05) is 5.88 Å². The summed E-state index contributed by atoms with van der Waals surface area (Å²) in [5, 5.41) is -0.160. The Bertz CT molecular complexity index is 820. The van der Waals surface area contributed by atoms with Crippen LogP contribution in [-0.2, 0) is 9.84 Å². The van der Waals surface area contributed by atoms with Crippen LogP contribution >= 0.6 is 34.2 Å². The lowest BCUT2D eigenvalue weighted by Gasteiger charge is -2.04. The molecule has 116 valence electrons. The van der Waals surface area contributed by atoms with E-state index in [1.807, 2.05) is 29.5 Å². The number of benzene rings is 2. The van der Waals surface area contributed by atoms with Gasteiger partial charge in [-0.3, -0.25) is 4.99 Å². The molecule has 0 amide bonds. The first-order chi connectivity index (χ1) is 10.3. The second-order valence-corrected chi connectivity index (χ2v) is 8.19. The number of aliphatic imine (C=N–C) groups is 1. The predicted octanol–water partition coefficient (Wildman–Crippen LogP) is 4.16. The summed E-state index contributed by atoms with van der Waals surface area (Å²) in [5.41, 5.74) is 1.05. The molecule has 0 saturated heterocycles. The monoisotopic (exact) mass is 451 g/mol. The van der Waals surface area contributed by atoms with Gasteiger partial charge in [-0.05, 0) is 59.8 Å². The van der Waals surface area contributed by atoms with Crippen LogP contribution in [0.4, 0.5) is 4.39 Å². The molecule has 3 nitrogen and oxygen atoms in total. The first-order valence-corrected chi connectivity index (χ1v) is 9.35. The molecule has 0 fully saturated rings. The number of sulfone groups is 1. The lowest BCUT2D eigenvalue weighted by Crippen LogP contribution is -2.07. The van der Waals surface area contributed by atoms with Gasteiger partial charge in [0.25, 0.3) is 0 Å². The Balaban J connectivity index is 2.26. The van der Waals surface area contributed by atoms with Crippen LogP contribution in [0.15, 0.2) is 52.4 Å². The molecule has 2 aromatic rings. The molecular formula is C15H12ClFINO2S. The van der Waals surface area contributed by atoms with Crippen LogP contribution in [0, 0.1) is 16.3 Å². The van der Waals surface area contributed by atoms with Crippen LogP contribution in [0.3, 0.4) is 0 Å². The van der Waals surface area contributed by atoms with E-state index in [9.17, 15) is 12.8 Å². The minimum absolute atomic E-state index is 0.0904. The number of nitrogens with zero attached hydrogens (tertiary/aromatic N) is 1. The smallest absolute Gasteiger partial charge is 0.198 e. The standard InChI is InChI=1S/C15H12ClFINO2S/c1-10-2-5-12(6-3-10)22(20,21)9-19-15(16)13-8-11(18)4-7-14(13)17/h2-8H,9H2,1H3. The second-order valence-electron chi connectivity index (χ2n) is 4.63. The molecule has 0 saturated carbocycles. The minimum Gasteiger partial charge on any atom is -0.256 e. The maximum absolute atomic E-state index is 13.7. The molecule has 7 heteroatoms. The van der Waals surface area contributed by atoms with Crippen molar-refractivity contribution in [2.24, 2.45) is 4.99 Å². The summed E-state index contributed by atoms with van der Waals surface area (Å²) in [6, 6.07) is 10.8. The van der Waals surface area contributed by atoms with E-state index in [4.69, 9.17) is 11.6 Å². The van der Waals surface area contributed by atoms with Crippen molar-refractivity contribution in [3.8, 4) is 0 Å². The molecule has 22 heavy (non-hydrogen) atoms. The van der Waals surface area contributed by atoms with E-state index in [2.05, 4.69) is 4.99 Å². The summed E-state index contributed by atoms with van der Waals surface area (Å²) in [6.45, 7) is 1.87. The maximum Gasteiger partial charge on any atom is 0.198 e.